The fourth-order valence-electron chi connectivity index (χ4n) is 1.55. The predicted molar refractivity (Wildman–Crippen MR) is 77.3 cm³/mol. The molecule has 0 aliphatic rings. The summed E-state index contributed by atoms with van der Waals surface area (Å²) < 4.78 is 13.7. The highest BCUT2D eigenvalue weighted by molar-refractivity contribution is 9.10. The van der Waals surface area contributed by atoms with Gasteiger partial charge in [-0.2, -0.15) is 0 Å². The molecule has 0 amide bonds. The van der Waals surface area contributed by atoms with Gasteiger partial charge in [0.2, 0.25) is 0 Å². The Bertz CT molecular complexity index is 575. The van der Waals surface area contributed by atoms with E-state index in [9.17, 15) is 4.39 Å². The number of hydrogen-bond acceptors (Lipinski definition) is 2. The van der Waals surface area contributed by atoms with Crippen LogP contribution in [-0.4, -0.2) is 0 Å². The second-order valence-electron chi connectivity index (χ2n) is 3.80. The standard InChI is InChI=1S/C13H11BrClFN2/c14-9-5-12(17)13(6-11(9)16)18-7-8-3-1-2-4-10(8)15/h1-6,18H,7,17H2. The Hall–Kier alpha value is -1.26. The lowest BCUT2D eigenvalue weighted by Crippen LogP contribution is -2.03. The van der Waals surface area contributed by atoms with Crippen LogP contribution in [0.1, 0.15) is 5.56 Å². The summed E-state index contributed by atoms with van der Waals surface area (Å²) in [6.45, 7) is 0.491. The smallest absolute Gasteiger partial charge is 0.139 e. The Kier molecular flexibility index (Phi) is 4.09. The Balaban J connectivity index is 2.16. The molecule has 0 unspecified atom stereocenters. The van der Waals surface area contributed by atoms with Gasteiger partial charge in [0.25, 0.3) is 0 Å². The Morgan fingerprint density at radius 1 is 1.28 bits per heavy atom. The largest absolute Gasteiger partial charge is 0.397 e. The summed E-state index contributed by atoms with van der Waals surface area (Å²) in [5.41, 5.74) is 7.77. The molecular formula is C13H11BrClFN2. The normalized spacial score (nSPS) is 10.4. The molecular weight excluding hydrogens is 319 g/mol. The van der Waals surface area contributed by atoms with Crippen LogP contribution in [0, 0.1) is 5.82 Å². The summed E-state index contributed by atoms with van der Waals surface area (Å²) in [6, 6.07) is 10.4. The number of nitrogens with two attached hydrogens (primary N) is 1. The molecule has 5 heteroatoms. The van der Waals surface area contributed by atoms with E-state index < -0.39 is 0 Å². The predicted octanol–water partition coefficient (Wildman–Crippen LogP) is 4.44. The molecule has 94 valence electrons. The molecule has 2 aromatic carbocycles. The van der Waals surface area contributed by atoms with Crippen LogP contribution in [0.4, 0.5) is 15.8 Å². The van der Waals surface area contributed by atoms with Crippen molar-refractivity contribution in [3.8, 4) is 0 Å². The van der Waals surface area contributed by atoms with Gasteiger partial charge in [0, 0.05) is 17.6 Å². The van der Waals surface area contributed by atoms with Gasteiger partial charge in [0.05, 0.1) is 15.8 Å². The van der Waals surface area contributed by atoms with Crippen molar-refractivity contribution in [2.75, 3.05) is 11.1 Å². The van der Waals surface area contributed by atoms with Crippen molar-refractivity contribution < 1.29 is 4.39 Å². The lowest BCUT2D eigenvalue weighted by Gasteiger charge is -2.11. The van der Waals surface area contributed by atoms with Crippen LogP contribution in [0.2, 0.25) is 5.02 Å². The molecule has 0 saturated heterocycles. The molecule has 0 aromatic heterocycles. The molecule has 0 radical (unpaired) electrons. The number of nitrogen functional groups attached to an aromatic ring is 1. The number of benzene rings is 2. The van der Waals surface area contributed by atoms with Gasteiger partial charge in [-0.25, -0.2) is 4.39 Å². The van der Waals surface area contributed by atoms with E-state index in [1.165, 1.54) is 12.1 Å². The van der Waals surface area contributed by atoms with Gasteiger partial charge in [-0.05, 0) is 33.6 Å². The van der Waals surface area contributed by atoms with Crippen molar-refractivity contribution in [3.05, 3.63) is 57.3 Å². The summed E-state index contributed by atoms with van der Waals surface area (Å²) in [4.78, 5) is 0. The maximum absolute atomic E-state index is 13.4. The van der Waals surface area contributed by atoms with Crippen molar-refractivity contribution in [1.82, 2.24) is 0 Å². The third-order valence-corrected chi connectivity index (χ3v) is 3.50. The molecule has 0 spiro atoms. The highest BCUT2D eigenvalue weighted by atomic mass is 79.9. The number of rotatable bonds is 3. The molecule has 0 bridgehead atoms. The quantitative estimate of drug-likeness (QED) is 0.817. The first-order valence-corrected chi connectivity index (χ1v) is 6.47. The Labute approximate surface area is 118 Å². The highest BCUT2D eigenvalue weighted by Crippen LogP contribution is 2.27. The average Bonchev–Trinajstić information content (AvgIpc) is 2.34. The summed E-state index contributed by atoms with van der Waals surface area (Å²) >= 11 is 9.12. The van der Waals surface area contributed by atoms with Crippen LogP contribution in [0.3, 0.4) is 0 Å². The van der Waals surface area contributed by atoms with E-state index in [0.717, 1.165) is 5.56 Å². The summed E-state index contributed by atoms with van der Waals surface area (Å²) in [7, 11) is 0. The third-order valence-electron chi connectivity index (χ3n) is 2.52. The van der Waals surface area contributed by atoms with Crippen LogP contribution < -0.4 is 11.1 Å². The van der Waals surface area contributed by atoms with Gasteiger partial charge in [-0.3, -0.25) is 0 Å². The van der Waals surface area contributed by atoms with Crippen LogP contribution >= 0.6 is 27.5 Å². The molecule has 2 rings (SSSR count). The molecule has 0 fully saturated rings. The molecule has 0 aliphatic heterocycles. The van der Waals surface area contributed by atoms with Crippen LogP contribution in [0.25, 0.3) is 0 Å². The minimum atomic E-state index is -0.356. The van der Waals surface area contributed by atoms with Crippen molar-refractivity contribution in [2.24, 2.45) is 0 Å². The lowest BCUT2D eigenvalue weighted by molar-refractivity contribution is 0.622. The van der Waals surface area contributed by atoms with Gasteiger partial charge in [0.15, 0.2) is 0 Å². The van der Waals surface area contributed by atoms with E-state index in [1.807, 2.05) is 24.3 Å². The fourth-order valence-corrected chi connectivity index (χ4v) is 2.11. The van der Waals surface area contributed by atoms with E-state index in [2.05, 4.69) is 21.2 Å². The zero-order chi connectivity index (χ0) is 13.1. The van der Waals surface area contributed by atoms with Crippen molar-refractivity contribution >= 4 is 38.9 Å². The third kappa shape index (κ3) is 2.94. The first kappa shape index (κ1) is 13.2. The van der Waals surface area contributed by atoms with Crippen molar-refractivity contribution in [1.29, 1.82) is 0 Å². The summed E-state index contributed by atoms with van der Waals surface area (Å²) in [5.74, 6) is -0.356. The molecule has 18 heavy (non-hydrogen) atoms. The summed E-state index contributed by atoms with van der Waals surface area (Å²) in [6.07, 6.45) is 0. The molecule has 0 aliphatic carbocycles. The van der Waals surface area contributed by atoms with Crippen molar-refractivity contribution in [3.63, 3.8) is 0 Å². The Morgan fingerprint density at radius 2 is 2.00 bits per heavy atom. The molecule has 3 N–H and O–H groups in total. The van der Waals surface area contributed by atoms with E-state index in [4.69, 9.17) is 17.3 Å². The zero-order valence-electron chi connectivity index (χ0n) is 9.38. The van der Waals surface area contributed by atoms with Gasteiger partial charge in [-0.15, -0.1) is 0 Å². The second kappa shape index (κ2) is 5.59. The van der Waals surface area contributed by atoms with Crippen molar-refractivity contribution in [2.45, 2.75) is 6.54 Å². The topological polar surface area (TPSA) is 38.0 Å². The monoisotopic (exact) mass is 328 g/mol. The maximum atomic E-state index is 13.4. The fraction of sp³-hybridized carbons (Fsp3) is 0.0769. The first-order valence-electron chi connectivity index (χ1n) is 5.29. The van der Waals surface area contributed by atoms with Gasteiger partial charge in [0.1, 0.15) is 5.82 Å². The molecule has 2 aromatic rings. The first-order chi connectivity index (χ1) is 8.58. The van der Waals surface area contributed by atoms with Gasteiger partial charge in [-0.1, -0.05) is 29.8 Å². The van der Waals surface area contributed by atoms with Crippen LogP contribution in [0.15, 0.2) is 40.9 Å². The van der Waals surface area contributed by atoms with E-state index in [0.29, 0.717) is 27.4 Å². The van der Waals surface area contributed by atoms with E-state index in [1.54, 1.807) is 0 Å². The average molecular weight is 330 g/mol. The number of nitrogens with one attached hydrogen (secondary N) is 1. The molecule has 0 saturated carbocycles. The van der Waals surface area contributed by atoms with E-state index in [-0.39, 0.29) is 5.82 Å². The SMILES string of the molecule is Nc1cc(Br)c(F)cc1NCc1ccccc1Cl. The number of hydrogen-bond donors (Lipinski definition) is 2. The van der Waals surface area contributed by atoms with Crippen LogP contribution in [-0.2, 0) is 6.54 Å². The highest BCUT2D eigenvalue weighted by Gasteiger charge is 2.06. The maximum Gasteiger partial charge on any atom is 0.139 e. The Morgan fingerprint density at radius 3 is 2.72 bits per heavy atom. The van der Waals surface area contributed by atoms with Gasteiger partial charge < -0.3 is 11.1 Å². The van der Waals surface area contributed by atoms with E-state index >= 15 is 0 Å². The number of anilines is 2. The molecule has 0 atom stereocenters. The molecule has 0 heterocycles. The number of halogens is 3. The van der Waals surface area contributed by atoms with Crippen LogP contribution in [0.5, 0.6) is 0 Å². The minimum absolute atomic E-state index is 0.350. The second-order valence-corrected chi connectivity index (χ2v) is 5.06. The lowest BCUT2D eigenvalue weighted by atomic mass is 10.2. The zero-order valence-corrected chi connectivity index (χ0v) is 11.7. The minimum Gasteiger partial charge on any atom is -0.397 e. The molecule has 2 nitrogen and oxygen atoms in total. The van der Waals surface area contributed by atoms with Gasteiger partial charge >= 0.3 is 0 Å². The summed E-state index contributed by atoms with van der Waals surface area (Å²) in [5, 5.41) is 3.74.